The van der Waals surface area contributed by atoms with E-state index in [1.807, 2.05) is 6.92 Å². The van der Waals surface area contributed by atoms with Gasteiger partial charge in [-0.05, 0) is 24.6 Å². The molecule has 0 unspecified atom stereocenters. The van der Waals surface area contributed by atoms with Gasteiger partial charge in [-0.3, -0.25) is 4.57 Å². The highest BCUT2D eigenvalue weighted by atomic mass is 19.2. The highest BCUT2D eigenvalue weighted by Gasteiger charge is 2.17. The minimum Gasteiger partial charge on any atom is -0.369 e. The largest absolute Gasteiger partial charge is 0.369 e. The van der Waals surface area contributed by atoms with E-state index in [0.29, 0.717) is 17.1 Å². The van der Waals surface area contributed by atoms with Crippen molar-refractivity contribution in [2.45, 2.75) is 6.92 Å². The fourth-order valence-electron chi connectivity index (χ4n) is 2.17. The fourth-order valence-corrected chi connectivity index (χ4v) is 2.17. The average molecular weight is 277 g/mol. The molecule has 0 atom stereocenters. The normalized spacial score (nSPS) is 11.2. The van der Waals surface area contributed by atoms with Crippen LogP contribution in [0.4, 0.5) is 19.1 Å². The van der Waals surface area contributed by atoms with Crippen molar-refractivity contribution >= 4 is 17.0 Å². The summed E-state index contributed by atoms with van der Waals surface area (Å²) in [5.74, 6) is -3.35. The molecular weight excluding hydrogens is 267 g/mol. The summed E-state index contributed by atoms with van der Waals surface area (Å²) >= 11 is 0. The number of nitrogens with zero attached hydrogens (tertiary/aromatic N) is 2. The molecule has 0 spiro atoms. The van der Waals surface area contributed by atoms with Crippen LogP contribution < -0.4 is 5.73 Å². The number of halogens is 3. The Morgan fingerprint density at radius 1 is 1.10 bits per heavy atom. The molecule has 0 saturated carbocycles. The molecule has 0 aliphatic heterocycles. The van der Waals surface area contributed by atoms with Gasteiger partial charge in [0.25, 0.3) is 0 Å². The zero-order valence-corrected chi connectivity index (χ0v) is 10.5. The van der Waals surface area contributed by atoms with Crippen LogP contribution in [0.3, 0.4) is 0 Å². The number of imidazole rings is 1. The van der Waals surface area contributed by atoms with Crippen LogP contribution in [0.2, 0.25) is 0 Å². The van der Waals surface area contributed by atoms with Crippen molar-refractivity contribution in [2.24, 2.45) is 0 Å². The Labute approximate surface area is 112 Å². The minimum absolute atomic E-state index is 0.0329. The predicted octanol–water partition coefficient (Wildman–Crippen LogP) is 3.33. The molecule has 6 heteroatoms. The Bertz CT molecular complexity index is 824. The van der Waals surface area contributed by atoms with E-state index in [4.69, 9.17) is 5.73 Å². The summed E-state index contributed by atoms with van der Waals surface area (Å²) in [7, 11) is 0. The van der Waals surface area contributed by atoms with E-state index in [9.17, 15) is 13.2 Å². The van der Waals surface area contributed by atoms with E-state index in [1.165, 1.54) is 4.57 Å². The van der Waals surface area contributed by atoms with E-state index in [2.05, 4.69) is 4.98 Å². The van der Waals surface area contributed by atoms with Crippen molar-refractivity contribution in [2.75, 3.05) is 5.73 Å². The summed E-state index contributed by atoms with van der Waals surface area (Å²) < 4.78 is 41.7. The number of hydrogen-bond acceptors (Lipinski definition) is 2. The first kappa shape index (κ1) is 12.5. The summed E-state index contributed by atoms with van der Waals surface area (Å²) in [5.41, 5.74) is 7.41. The first-order chi connectivity index (χ1) is 9.47. The molecule has 3 nitrogen and oxygen atoms in total. The standard InChI is InChI=1S/C14H10F3N3/c1-7-2-3-11-10(4-7)19-14(18)20(11)12-6-8(15)5-9(16)13(12)17/h2-6H,1H3,(H2,18,19). The van der Waals surface area contributed by atoms with Crippen LogP contribution >= 0.6 is 0 Å². The lowest BCUT2D eigenvalue weighted by molar-refractivity contribution is 0.491. The van der Waals surface area contributed by atoms with Crippen molar-refractivity contribution < 1.29 is 13.2 Å². The van der Waals surface area contributed by atoms with Gasteiger partial charge in [-0.15, -0.1) is 0 Å². The van der Waals surface area contributed by atoms with Crippen molar-refractivity contribution in [3.63, 3.8) is 0 Å². The van der Waals surface area contributed by atoms with Crippen LogP contribution in [-0.2, 0) is 0 Å². The SMILES string of the molecule is Cc1ccc2c(c1)nc(N)n2-c1cc(F)cc(F)c1F. The molecule has 2 aromatic carbocycles. The molecule has 1 heterocycles. The second-order valence-corrected chi connectivity index (χ2v) is 4.52. The van der Waals surface area contributed by atoms with Gasteiger partial charge in [0.2, 0.25) is 5.95 Å². The monoisotopic (exact) mass is 277 g/mol. The van der Waals surface area contributed by atoms with Gasteiger partial charge >= 0.3 is 0 Å². The quantitative estimate of drug-likeness (QED) is 0.693. The second-order valence-electron chi connectivity index (χ2n) is 4.52. The van der Waals surface area contributed by atoms with Gasteiger partial charge < -0.3 is 5.73 Å². The lowest BCUT2D eigenvalue weighted by atomic mass is 10.2. The number of anilines is 1. The van der Waals surface area contributed by atoms with E-state index in [0.717, 1.165) is 11.6 Å². The summed E-state index contributed by atoms with van der Waals surface area (Å²) in [5, 5.41) is 0. The summed E-state index contributed by atoms with van der Waals surface area (Å²) in [6.45, 7) is 1.87. The minimum atomic E-state index is -1.27. The third-order valence-electron chi connectivity index (χ3n) is 3.05. The van der Waals surface area contributed by atoms with E-state index < -0.39 is 17.5 Å². The zero-order valence-electron chi connectivity index (χ0n) is 10.5. The van der Waals surface area contributed by atoms with E-state index in [-0.39, 0.29) is 11.6 Å². The molecule has 0 amide bonds. The maximum absolute atomic E-state index is 13.9. The lowest BCUT2D eigenvalue weighted by Crippen LogP contribution is -2.05. The highest BCUT2D eigenvalue weighted by molar-refractivity contribution is 5.81. The molecule has 2 N–H and O–H groups in total. The van der Waals surface area contributed by atoms with Gasteiger partial charge in [-0.2, -0.15) is 0 Å². The Kier molecular flexibility index (Phi) is 2.67. The maximum atomic E-state index is 13.9. The zero-order chi connectivity index (χ0) is 14.4. The molecule has 0 fully saturated rings. The first-order valence-corrected chi connectivity index (χ1v) is 5.87. The molecular formula is C14H10F3N3. The van der Waals surface area contributed by atoms with Crippen molar-refractivity contribution in [1.82, 2.24) is 9.55 Å². The molecule has 0 aliphatic rings. The third kappa shape index (κ3) is 1.80. The number of aryl methyl sites for hydroxylation is 1. The number of fused-ring (bicyclic) bond motifs is 1. The van der Waals surface area contributed by atoms with Crippen LogP contribution in [0.25, 0.3) is 16.7 Å². The Morgan fingerprint density at radius 3 is 2.60 bits per heavy atom. The number of hydrogen-bond donors (Lipinski definition) is 1. The predicted molar refractivity (Wildman–Crippen MR) is 70.1 cm³/mol. The van der Waals surface area contributed by atoms with Crippen LogP contribution in [0, 0.1) is 24.4 Å². The Morgan fingerprint density at radius 2 is 1.85 bits per heavy atom. The summed E-state index contributed by atoms with van der Waals surface area (Å²) in [4.78, 5) is 4.08. The first-order valence-electron chi connectivity index (χ1n) is 5.87. The lowest BCUT2D eigenvalue weighted by Gasteiger charge is -2.08. The van der Waals surface area contributed by atoms with Gasteiger partial charge in [0, 0.05) is 12.1 Å². The molecule has 3 rings (SSSR count). The molecule has 102 valence electrons. The van der Waals surface area contributed by atoms with Gasteiger partial charge in [0.05, 0.1) is 16.7 Å². The number of rotatable bonds is 1. The summed E-state index contributed by atoms with van der Waals surface area (Å²) in [6, 6.07) is 6.59. The van der Waals surface area contributed by atoms with E-state index >= 15 is 0 Å². The molecule has 0 aliphatic carbocycles. The smallest absolute Gasteiger partial charge is 0.206 e. The van der Waals surface area contributed by atoms with Crippen LogP contribution in [-0.4, -0.2) is 9.55 Å². The van der Waals surface area contributed by atoms with Gasteiger partial charge in [-0.1, -0.05) is 6.07 Å². The maximum Gasteiger partial charge on any atom is 0.206 e. The van der Waals surface area contributed by atoms with Crippen molar-refractivity contribution in [1.29, 1.82) is 0 Å². The Balaban J connectivity index is 2.38. The molecule has 20 heavy (non-hydrogen) atoms. The summed E-state index contributed by atoms with van der Waals surface area (Å²) in [6.07, 6.45) is 0. The third-order valence-corrected chi connectivity index (χ3v) is 3.05. The van der Waals surface area contributed by atoms with Crippen LogP contribution in [0.1, 0.15) is 5.56 Å². The topological polar surface area (TPSA) is 43.8 Å². The molecule has 0 radical (unpaired) electrons. The molecule has 0 saturated heterocycles. The number of benzene rings is 2. The van der Waals surface area contributed by atoms with Gasteiger partial charge in [0.1, 0.15) is 5.82 Å². The number of aromatic nitrogens is 2. The van der Waals surface area contributed by atoms with Crippen molar-refractivity contribution in [3.05, 3.63) is 53.3 Å². The Hall–Kier alpha value is -2.50. The average Bonchev–Trinajstić information content (AvgIpc) is 2.69. The molecule has 1 aromatic heterocycles. The highest BCUT2D eigenvalue weighted by Crippen LogP contribution is 2.27. The molecule has 3 aromatic rings. The van der Waals surface area contributed by atoms with Gasteiger partial charge in [0.15, 0.2) is 11.6 Å². The number of nitrogens with two attached hydrogens (primary N) is 1. The van der Waals surface area contributed by atoms with Crippen LogP contribution in [0.5, 0.6) is 0 Å². The van der Waals surface area contributed by atoms with E-state index in [1.54, 1.807) is 18.2 Å². The van der Waals surface area contributed by atoms with Crippen LogP contribution in [0.15, 0.2) is 30.3 Å². The number of nitrogen functional groups attached to an aromatic ring is 1. The molecule has 0 bridgehead atoms. The van der Waals surface area contributed by atoms with Gasteiger partial charge in [-0.25, -0.2) is 18.2 Å². The fraction of sp³-hybridized carbons (Fsp3) is 0.0714. The van der Waals surface area contributed by atoms with Crippen molar-refractivity contribution in [3.8, 4) is 5.69 Å². The second kappa shape index (κ2) is 4.26.